The second kappa shape index (κ2) is 22.5. The van der Waals surface area contributed by atoms with Crippen LogP contribution in [0.2, 0.25) is 0 Å². The molecule has 0 spiro atoms. The van der Waals surface area contributed by atoms with Crippen LogP contribution in [0.4, 0.5) is 0 Å². The molecule has 8 rings (SSSR count). The second-order valence-electron chi connectivity index (χ2n) is 14.9. The predicted molar refractivity (Wildman–Crippen MR) is 243 cm³/mol. The Morgan fingerprint density at radius 3 is 0.918 bits per heavy atom. The Labute approximate surface area is 375 Å². The summed E-state index contributed by atoms with van der Waals surface area (Å²) in [6, 6.07) is 27.3. The van der Waals surface area contributed by atoms with Gasteiger partial charge in [0.2, 0.25) is 0 Å². The van der Waals surface area contributed by atoms with Crippen LogP contribution in [0.1, 0.15) is 67.3 Å². The molecule has 0 aliphatic heterocycles. The molecule has 0 N–H and O–H groups in total. The van der Waals surface area contributed by atoms with Gasteiger partial charge in [-0.1, -0.05) is 74.3 Å². The van der Waals surface area contributed by atoms with Crippen LogP contribution in [0.25, 0.3) is 45.0 Å². The Bertz CT molecular complexity index is 2340. The Balaban J connectivity index is 0.000000178. The summed E-state index contributed by atoms with van der Waals surface area (Å²) in [7, 11) is 0. The molecule has 0 saturated carbocycles. The first-order valence-corrected chi connectivity index (χ1v) is 19.9. The van der Waals surface area contributed by atoms with Crippen LogP contribution >= 0.6 is 0 Å². The van der Waals surface area contributed by atoms with E-state index in [0.717, 1.165) is 67.8 Å². The first kappa shape index (κ1) is 47.5. The van der Waals surface area contributed by atoms with E-state index in [2.05, 4.69) is 144 Å². The van der Waals surface area contributed by atoms with Gasteiger partial charge in [-0.25, -0.2) is 0 Å². The second-order valence-corrected chi connectivity index (χ2v) is 14.9. The molecule has 0 aliphatic rings. The van der Waals surface area contributed by atoms with Gasteiger partial charge in [0.05, 0.1) is 5.69 Å². The number of aryl methyl sites for hydroxylation is 12. The van der Waals surface area contributed by atoms with Crippen LogP contribution in [0.15, 0.2) is 104 Å². The molecule has 8 aromatic heterocycles. The minimum Gasteiger partial charge on any atom is -0.357 e. The Hall–Kier alpha value is -6.15. The molecule has 0 saturated heterocycles. The van der Waals surface area contributed by atoms with Crippen LogP contribution in [-0.2, 0) is 20.1 Å². The molecule has 0 radical (unpaired) electrons. The van der Waals surface area contributed by atoms with Gasteiger partial charge in [0.1, 0.15) is 0 Å². The van der Waals surface area contributed by atoms with Gasteiger partial charge in [-0.05, 0) is 142 Å². The molecule has 0 atom stereocenters. The number of nitrogens with zero attached hydrogens (tertiary/aromatic N) is 8. The van der Waals surface area contributed by atoms with Gasteiger partial charge in [-0.2, -0.15) is 0 Å². The molecular formula is C52H53IrN8. The number of hydrogen-bond donors (Lipinski definition) is 0. The van der Waals surface area contributed by atoms with E-state index in [1.54, 1.807) is 24.8 Å². The largest absolute Gasteiger partial charge is 3.00 e. The fourth-order valence-corrected chi connectivity index (χ4v) is 5.90. The van der Waals surface area contributed by atoms with E-state index in [1.165, 1.54) is 44.5 Å². The SMILES string of the molecule is Cc1cnc(-c2[c-]ccnc2C)cc1C.Cc1cnc(-c2[c-]ccnc2C)cc1C.Cc1cnc(-c2[c-]ccnc2C)cc1C.Cc1cnc(-c2cccnc2C)cc1C.[Ir+3]. The number of hydrogen-bond acceptors (Lipinski definition) is 8. The van der Waals surface area contributed by atoms with Gasteiger partial charge in [0, 0.05) is 42.2 Å². The van der Waals surface area contributed by atoms with E-state index in [9.17, 15) is 0 Å². The van der Waals surface area contributed by atoms with Crippen molar-refractivity contribution in [2.24, 2.45) is 0 Å². The summed E-state index contributed by atoms with van der Waals surface area (Å²) in [5.74, 6) is 0. The number of rotatable bonds is 4. The molecule has 8 heterocycles. The van der Waals surface area contributed by atoms with Crippen LogP contribution in [0, 0.1) is 101 Å². The average molecular weight is 982 g/mol. The van der Waals surface area contributed by atoms with E-state index in [1.807, 2.05) is 76.7 Å². The van der Waals surface area contributed by atoms with Crippen LogP contribution in [0.3, 0.4) is 0 Å². The van der Waals surface area contributed by atoms with E-state index >= 15 is 0 Å². The zero-order chi connectivity index (χ0) is 43.3. The Morgan fingerprint density at radius 1 is 0.328 bits per heavy atom. The van der Waals surface area contributed by atoms with Gasteiger partial charge in [0.25, 0.3) is 0 Å². The summed E-state index contributed by atoms with van der Waals surface area (Å²) in [5.41, 5.74) is 21.7. The van der Waals surface area contributed by atoms with E-state index in [4.69, 9.17) is 0 Å². The van der Waals surface area contributed by atoms with Crippen molar-refractivity contribution in [3.63, 3.8) is 0 Å². The van der Waals surface area contributed by atoms with Gasteiger partial charge in [-0.3, -0.25) is 9.97 Å². The minimum absolute atomic E-state index is 0. The van der Waals surface area contributed by atoms with Crippen molar-refractivity contribution >= 4 is 0 Å². The van der Waals surface area contributed by atoms with Crippen molar-refractivity contribution in [1.29, 1.82) is 0 Å². The van der Waals surface area contributed by atoms with Crippen LogP contribution in [-0.4, -0.2) is 39.9 Å². The molecule has 0 aliphatic carbocycles. The van der Waals surface area contributed by atoms with Gasteiger partial charge < -0.3 is 29.9 Å². The molecule has 0 aromatic carbocycles. The smallest absolute Gasteiger partial charge is 0.357 e. The van der Waals surface area contributed by atoms with E-state index < -0.39 is 0 Å². The van der Waals surface area contributed by atoms with E-state index in [-0.39, 0.29) is 20.1 Å². The normalized spacial score (nSPS) is 10.2. The molecular weight excluding hydrogens is 929 g/mol. The maximum absolute atomic E-state index is 4.43. The zero-order valence-electron chi connectivity index (χ0n) is 37.2. The third-order valence-corrected chi connectivity index (χ3v) is 10.3. The molecule has 9 heteroatoms. The summed E-state index contributed by atoms with van der Waals surface area (Å²) >= 11 is 0. The monoisotopic (exact) mass is 982 g/mol. The standard InChI is InChI=1S/C13H14N2.3C13H13N2.Ir/c4*1-9-7-13(15-8-10(9)2)12-5-4-6-14-11(12)3;/h4-8H,1-3H3;3*4,6-8H,1-3H3;/q;3*-1;+3. The number of aromatic nitrogens is 8. The first-order valence-electron chi connectivity index (χ1n) is 19.9. The molecule has 0 bridgehead atoms. The summed E-state index contributed by atoms with van der Waals surface area (Å²) in [6.07, 6.45) is 14.7. The third kappa shape index (κ3) is 12.9. The number of pyridine rings is 8. The molecule has 8 nitrogen and oxygen atoms in total. The third-order valence-electron chi connectivity index (χ3n) is 10.3. The summed E-state index contributed by atoms with van der Waals surface area (Å²) in [4.78, 5) is 34.6. The van der Waals surface area contributed by atoms with Crippen molar-refractivity contribution in [1.82, 2.24) is 39.9 Å². The maximum atomic E-state index is 4.43. The fraction of sp³-hybridized carbons (Fsp3) is 0.231. The van der Waals surface area contributed by atoms with Crippen molar-refractivity contribution in [3.8, 4) is 45.0 Å². The molecule has 0 amide bonds. The zero-order valence-corrected chi connectivity index (χ0v) is 39.6. The topological polar surface area (TPSA) is 103 Å². The van der Waals surface area contributed by atoms with Gasteiger partial charge in [0.15, 0.2) is 0 Å². The summed E-state index contributed by atoms with van der Waals surface area (Å²) < 4.78 is 0. The minimum atomic E-state index is 0. The molecule has 310 valence electrons. The first-order chi connectivity index (χ1) is 28.7. The molecule has 0 unspecified atom stereocenters. The van der Waals surface area contributed by atoms with Gasteiger partial charge in [-0.15, -0.1) is 53.1 Å². The van der Waals surface area contributed by atoms with Crippen LogP contribution in [0.5, 0.6) is 0 Å². The fourth-order valence-electron chi connectivity index (χ4n) is 5.90. The van der Waals surface area contributed by atoms with Crippen molar-refractivity contribution < 1.29 is 20.1 Å². The quantitative estimate of drug-likeness (QED) is 0.161. The van der Waals surface area contributed by atoms with Gasteiger partial charge >= 0.3 is 20.1 Å². The summed E-state index contributed by atoms with van der Waals surface area (Å²) in [5, 5.41) is 0. The Kier molecular flexibility index (Phi) is 17.5. The van der Waals surface area contributed by atoms with Crippen LogP contribution < -0.4 is 0 Å². The van der Waals surface area contributed by atoms with E-state index in [0.29, 0.717) is 0 Å². The maximum Gasteiger partial charge on any atom is 3.00 e. The summed E-state index contributed by atoms with van der Waals surface area (Å²) in [6.45, 7) is 24.6. The van der Waals surface area contributed by atoms with Crippen molar-refractivity contribution in [3.05, 3.63) is 190 Å². The molecule has 61 heavy (non-hydrogen) atoms. The van der Waals surface area contributed by atoms with Crippen molar-refractivity contribution in [2.75, 3.05) is 0 Å². The molecule has 0 fully saturated rings. The van der Waals surface area contributed by atoms with Crippen molar-refractivity contribution in [2.45, 2.75) is 83.1 Å². The Morgan fingerprint density at radius 2 is 0.623 bits per heavy atom. The average Bonchev–Trinajstić information content (AvgIpc) is 3.24. The molecule has 8 aromatic rings. The predicted octanol–water partition coefficient (Wildman–Crippen LogP) is 11.7.